The van der Waals surface area contributed by atoms with Crippen LogP contribution < -0.4 is 4.74 Å². The molecule has 2 rings (SSSR count). The summed E-state index contributed by atoms with van der Waals surface area (Å²) >= 11 is 5.86. The molecule has 0 aliphatic carbocycles. The number of ether oxygens (including phenoxy) is 1. The predicted octanol–water partition coefficient (Wildman–Crippen LogP) is 4.11. The van der Waals surface area contributed by atoms with Crippen LogP contribution in [0.1, 0.15) is 24.2 Å². The molecule has 2 aromatic rings. The molecule has 2 nitrogen and oxygen atoms in total. The van der Waals surface area contributed by atoms with Gasteiger partial charge in [0.25, 0.3) is 0 Å². The van der Waals surface area contributed by atoms with Crippen LogP contribution in [0.5, 0.6) is 5.75 Å². The second-order valence-corrected chi connectivity index (χ2v) is 4.72. The fraction of sp³-hybridized carbons (Fsp3) is 0.200. The van der Waals surface area contributed by atoms with Gasteiger partial charge in [-0.25, -0.2) is 4.39 Å². The van der Waals surface area contributed by atoms with E-state index < -0.39 is 11.9 Å². The van der Waals surface area contributed by atoms with Gasteiger partial charge in [0, 0.05) is 5.02 Å². The number of rotatable bonds is 4. The van der Waals surface area contributed by atoms with Gasteiger partial charge in [0.2, 0.25) is 0 Å². The summed E-state index contributed by atoms with van der Waals surface area (Å²) in [7, 11) is 0. The van der Waals surface area contributed by atoms with Crippen molar-refractivity contribution in [2.75, 3.05) is 0 Å². The fourth-order valence-corrected chi connectivity index (χ4v) is 1.89. The third-order valence-corrected chi connectivity index (χ3v) is 2.96. The lowest BCUT2D eigenvalue weighted by molar-refractivity contribution is 0.198. The van der Waals surface area contributed by atoms with Crippen molar-refractivity contribution in [3.8, 4) is 5.75 Å². The van der Waals surface area contributed by atoms with Gasteiger partial charge in [0.1, 0.15) is 6.61 Å². The first-order valence-electron chi connectivity index (χ1n) is 5.91. The van der Waals surface area contributed by atoms with Crippen LogP contribution in [0.25, 0.3) is 0 Å². The molecular weight excluding hydrogens is 267 g/mol. The first kappa shape index (κ1) is 13.8. The number of benzene rings is 2. The Kier molecular flexibility index (Phi) is 4.40. The Labute approximate surface area is 116 Å². The molecule has 0 aliphatic rings. The molecule has 1 unspecified atom stereocenters. The Hall–Kier alpha value is -1.58. The van der Waals surface area contributed by atoms with E-state index in [0.717, 1.165) is 5.56 Å². The lowest BCUT2D eigenvalue weighted by atomic mass is 10.1. The molecule has 0 amide bonds. The van der Waals surface area contributed by atoms with Crippen LogP contribution in [0.15, 0.2) is 42.5 Å². The summed E-state index contributed by atoms with van der Waals surface area (Å²) in [5.41, 5.74) is 1.39. The molecule has 19 heavy (non-hydrogen) atoms. The highest BCUT2D eigenvalue weighted by Gasteiger charge is 2.08. The van der Waals surface area contributed by atoms with Crippen molar-refractivity contribution < 1.29 is 14.2 Å². The van der Waals surface area contributed by atoms with Crippen LogP contribution >= 0.6 is 11.6 Å². The lowest BCUT2D eigenvalue weighted by Crippen LogP contribution is -1.99. The predicted molar refractivity (Wildman–Crippen MR) is 72.8 cm³/mol. The van der Waals surface area contributed by atoms with Gasteiger partial charge in [-0.2, -0.15) is 0 Å². The molecule has 0 saturated heterocycles. The second-order valence-electron chi connectivity index (χ2n) is 4.28. The summed E-state index contributed by atoms with van der Waals surface area (Å²) in [5.74, 6) is -0.329. The molecule has 4 heteroatoms. The van der Waals surface area contributed by atoms with E-state index in [1.54, 1.807) is 25.1 Å². The minimum Gasteiger partial charge on any atom is -0.486 e. The minimum absolute atomic E-state index is 0.157. The molecule has 1 N–H and O–H groups in total. The SMILES string of the molecule is CC(O)c1ccc(OCc2cccc(Cl)c2)c(F)c1. The molecule has 0 spiro atoms. The summed E-state index contributed by atoms with van der Waals surface area (Å²) in [4.78, 5) is 0. The molecule has 0 aliphatic heterocycles. The van der Waals surface area contributed by atoms with E-state index in [1.165, 1.54) is 12.1 Å². The summed E-state index contributed by atoms with van der Waals surface area (Å²) in [6.45, 7) is 1.83. The highest BCUT2D eigenvalue weighted by atomic mass is 35.5. The number of aliphatic hydroxyl groups is 1. The first-order chi connectivity index (χ1) is 9.06. The monoisotopic (exact) mass is 280 g/mol. The normalized spacial score (nSPS) is 12.2. The average Bonchev–Trinajstić information content (AvgIpc) is 2.37. The van der Waals surface area contributed by atoms with Gasteiger partial charge < -0.3 is 9.84 Å². The van der Waals surface area contributed by atoms with Gasteiger partial charge in [-0.3, -0.25) is 0 Å². The van der Waals surface area contributed by atoms with E-state index in [4.69, 9.17) is 16.3 Å². The van der Waals surface area contributed by atoms with Gasteiger partial charge in [-0.15, -0.1) is 0 Å². The topological polar surface area (TPSA) is 29.5 Å². The quantitative estimate of drug-likeness (QED) is 0.913. The van der Waals surface area contributed by atoms with E-state index in [9.17, 15) is 9.50 Å². The summed E-state index contributed by atoms with van der Waals surface area (Å²) in [6, 6.07) is 11.6. The van der Waals surface area contributed by atoms with Crippen molar-refractivity contribution >= 4 is 11.6 Å². The maximum atomic E-state index is 13.7. The van der Waals surface area contributed by atoms with Crippen LogP contribution in [-0.2, 0) is 6.61 Å². The van der Waals surface area contributed by atoms with Crippen LogP contribution in [0, 0.1) is 5.82 Å². The van der Waals surface area contributed by atoms with E-state index >= 15 is 0 Å². The molecule has 100 valence electrons. The zero-order valence-electron chi connectivity index (χ0n) is 10.4. The van der Waals surface area contributed by atoms with Gasteiger partial charge in [0.05, 0.1) is 6.10 Å². The zero-order valence-corrected chi connectivity index (χ0v) is 11.2. The molecule has 1 atom stereocenters. The lowest BCUT2D eigenvalue weighted by Gasteiger charge is -2.10. The minimum atomic E-state index is -0.698. The summed E-state index contributed by atoms with van der Waals surface area (Å²) in [6.07, 6.45) is -0.698. The number of hydrogen-bond donors (Lipinski definition) is 1. The molecule has 0 radical (unpaired) electrons. The van der Waals surface area contributed by atoms with Gasteiger partial charge in [0.15, 0.2) is 11.6 Å². The zero-order chi connectivity index (χ0) is 13.8. The van der Waals surface area contributed by atoms with Gasteiger partial charge in [-0.1, -0.05) is 29.8 Å². The van der Waals surface area contributed by atoms with Crippen molar-refractivity contribution in [2.24, 2.45) is 0 Å². The number of hydrogen-bond acceptors (Lipinski definition) is 2. The standard InChI is InChI=1S/C15H14ClFO2/c1-10(18)12-5-6-15(14(17)8-12)19-9-11-3-2-4-13(16)7-11/h2-8,10,18H,9H2,1H3. The van der Waals surface area contributed by atoms with Crippen LogP contribution in [0.4, 0.5) is 4.39 Å². The molecule has 0 saturated carbocycles. The maximum Gasteiger partial charge on any atom is 0.165 e. The molecule has 0 aromatic heterocycles. The van der Waals surface area contributed by atoms with E-state index in [1.807, 2.05) is 12.1 Å². The van der Waals surface area contributed by atoms with E-state index in [0.29, 0.717) is 10.6 Å². The van der Waals surface area contributed by atoms with E-state index in [2.05, 4.69) is 0 Å². The Balaban J connectivity index is 2.07. The molecule has 0 heterocycles. The first-order valence-corrected chi connectivity index (χ1v) is 6.29. The third kappa shape index (κ3) is 3.69. The van der Waals surface area contributed by atoms with Crippen molar-refractivity contribution in [2.45, 2.75) is 19.6 Å². The Morgan fingerprint density at radius 2 is 2.05 bits per heavy atom. The van der Waals surface area contributed by atoms with Crippen LogP contribution in [-0.4, -0.2) is 5.11 Å². The second kappa shape index (κ2) is 6.04. The molecule has 0 fully saturated rings. The van der Waals surface area contributed by atoms with E-state index in [-0.39, 0.29) is 12.4 Å². The van der Waals surface area contributed by atoms with Crippen molar-refractivity contribution in [3.05, 3.63) is 64.4 Å². The Morgan fingerprint density at radius 1 is 1.26 bits per heavy atom. The van der Waals surface area contributed by atoms with Crippen molar-refractivity contribution in [1.82, 2.24) is 0 Å². The summed E-state index contributed by atoms with van der Waals surface area (Å²) in [5, 5.41) is 9.97. The highest BCUT2D eigenvalue weighted by Crippen LogP contribution is 2.23. The van der Waals surface area contributed by atoms with Crippen molar-refractivity contribution in [3.63, 3.8) is 0 Å². The van der Waals surface area contributed by atoms with Crippen molar-refractivity contribution in [1.29, 1.82) is 0 Å². The van der Waals surface area contributed by atoms with Gasteiger partial charge >= 0.3 is 0 Å². The largest absolute Gasteiger partial charge is 0.486 e. The van der Waals surface area contributed by atoms with Crippen LogP contribution in [0.3, 0.4) is 0 Å². The molecule has 0 bridgehead atoms. The highest BCUT2D eigenvalue weighted by molar-refractivity contribution is 6.30. The average molecular weight is 281 g/mol. The summed E-state index contributed by atoms with van der Waals surface area (Å²) < 4.78 is 19.1. The molecular formula is C15H14ClFO2. The smallest absolute Gasteiger partial charge is 0.165 e. The maximum absolute atomic E-state index is 13.7. The van der Waals surface area contributed by atoms with Crippen LogP contribution in [0.2, 0.25) is 5.02 Å². The Bertz CT molecular complexity index is 570. The van der Waals surface area contributed by atoms with Gasteiger partial charge in [-0.05, 0) is 42.3 Å². The molecule has 2 aromatic carbocycles. The number of aliphatic hydroxyl groups excluding tert-OH is 1. The Morgan fingerprint density at radius 3 is 2.68 bits per heavy atom. The third-order valence-electron chi connectivity index (χ3n) is 2.72. The fourth-order valence-electron chi connectivity index (χ4n) is 1.68. The number of halogens is 2.